The van der Waals surface area contributed by atoms with Gasteiger partial charge in [-0.25, -0.2) is 0 Å². The van der Waals surface area contributed by atoms with Crippen molar-refractivity contribution in [2.75, 3.05) is 18.8 Å². The summed E-state index contributed by atoms with van der Waals surface area (Å²) < 4.78 is 18.6. The summed E-state index contributed by atoms with van der Waals surface area (Å²) in [6.07, 6.45) is 7.68. The molecule has 5 N–H and O–H groups in total. The summed E-state index contributed by atoms with van der Waals surface area (Å²) >= 11 is 12.5. The third-order valence-corrected chi connectivity index (χ3v) is 8.62. The Hall–Kier alpha value is -2.88. The number of aromatic nitrogens is 1. The van der Waals surface area contributed by atoms with Crippen molar-refractivity contribution in [2.45, 2.75) is 56.8 Å². The number of fused-ring (bicyclic) bond motifs is 1. The zero-order valence-electron chi connectivity index (χ0n) is 21.5. The average Bonchev–Trinajstić information content (AvgIpc) is 2.89. The maximum atomic E-state index is 8.91. The second-order valence-electron chi connectivity index (χ2n) is 10.4. The van der Waals surface area contributed by atoms with E-state index in [9.17, 15) is 0 Å². The second kappa shape index (κ2) is 10.6. The number of hydrogen-bond acceptors (Lipinski definition) is 8. The first-order valence-electron chi connectivity index (χ1n) is 13.2. The largest absolute Gasteiger partial charge is 0.471 e. The fourth-order valence-corrected chi connectivity index (χ4v) is 6.07. The molecular formula is C29H31Cl2N5O3. The van der Waals surface area contributed by atoms with Crippen LogP contribution in [0.3, 0.4) is 0 Å². The Morgan fingerprint density at radius 1 is 1.10 bits per heavy atom. The lowest BCUT2D eigenvalue weighted by atomic mass is 9.89. The number of nitrogen functional groups attached to an aromatic ring is 1. The van der Waals surface area contributed by atoms with E-state index in [4.69, 9.17) is 54.3 Å². The van der Waals surface area contributed by atoms with Crippen molar-refractivity contribution in [3.8, 4) is 11.5 Å². The van der Waals surface area contributed by atoms with Gasteiger partial charge in [-0.1, -0.05) is 29.6 Å². The van der Waals surface area contributed by atoms with Gasteiger partial charge in [-0.15, -0.1) is 0 Å². The lowest BCUT2D eigenvalue weighted by Crippen LogP contribution is -2.54. The van der Waals surface area contributed by atoms with Gasteiger partial charge in [-0.2, -0.15) is 0 Å². The van der Waals surface area contributed by atoms with Crippen LogP contribution in [0.2, 0.25) is 10.0 Å². The summed E-state index contributed by atoms with van der Waals surface area (Å²) in [6, 6.07) is 11.6. The molecule has 3 aliphatic rings. The van der Waals surface area contributed by atoms with Crippen molar-refractivity contribution in [1.82, 2.24) is 9.88 Å². The molecule has 1 aromatic heterocycles. The third kappa shape index (κ3) is 5.19. The van der Waals surface area contributed by atoms with Gasteiger partial charge < -0.3 is 19.9 Å². The molecule has 1 saturated heterocycles. The first-order chi connectivity index (χ1) is 18.8. The normalized spacial score (nSPS) is 19.6. The molecule has 0 bridgehead atoms. The average molecular weight is 569 g/mol. The van der Waals surface area contributed by atoms with Crippen LogP contribution in [0.1, 0.15) is 60.6 Å². The smallest absolute Gasteiger partial charge is 0.213 e. The van der Waals surface area contributed by atoms with E-state index in [1.165, 1.54) is 31.7 Å². The molecule has 3 heterocycles. The standard InChI is InChI=1S/C29H31Cl2N5O3/c30-22-14-35-15-23(31)26(22)28(34)38-20-5-6-24(32)21(13-20)27(33)17-4-7-25-18(12-17)16-37-29(39-25)8-10-36(11-9-29)19-2-1-3-19/h4-7,12-15,19,28,33H,1-3,8-11,16,32,34H2/t28-/m0/s1. The summed E-state index contributed by atoms with van der Waals surface area (Å²) in [7, 11) is 0. The van der Waals surface area contributed by atoms with E-state index in [-0.39, 0.29) is 5.71 Å². The monoisotopic (exact) mass is 567 g/mol. The van der Waals surface area contributed by atoms with Crippen LogP contribution in [-0.2, 0) is 11.3 Å². The van der Waals surface area contributed by atoms with Gasteiger partial charge >= 0.3 is 0 Å². The van der Waals surface area contributed by atoms with Gasteiger partial charge in [0.05, 0.1) is 22.4 Å². The maximum Gasteiger partial charge on any atom is 0.213 e. The Morgan fingerprint density at radius 2 is 1.85 bits per heavy atom. The summed E-state index contributed by atoms with van der Waals surface area (Å²) in [6.45, 7) is 2.45. The molecule has 0 unspecified atom stereocenters. The molecular weight excluding hydrogens is 537 g/mol. The minimum atomic E-state index is -0.926. The highest BCUT2D eigenvalue weighted by Gasteiger charge is 2.42. The van der Waals surface area contributed by atoms with E-state index in [0.29, 0.717) is 44.8 Å². The summed E-state index contributed by atoms with van der Waals surface area (Å²) in [5, 5.41) is 9.53. The molecule has 10 heteroatoms. The molecule has 1 saturated carbocycles. The molecule has 1 aliphatic carbocycles. The number of ether oxygens (including phenoxy) is 3. The molecule has 0 amide bonds. The number of rotatable bonds is 6. The Labute approximate surface area is 237 Å². The summed E-state index contributed by atoms with van der Waals surface area (Å²) in [5.41, 5.74) is 15.8. The molecule has 204 valence electrons. The van der Waals surface area contributed by atoms with E-state index >= 15 is 0 Å². The molecule has 1 spiro atoms. The molecule has 2 aromatic carbocycles. The SMILES string of the molecule is N=C(c1ccc2c(c1)COC1(CCN(C3CCC3)CC1)O2)c1cc(O[C@H](N)c2c(Cl)cncc2Cl)ccc1N. The van der Waals surface area contributed by atoms with Crippen LogP contribution in [0.5, 0.6) is 11.5 Å². The number of nitrogens with two attached hydrogens (primary N) is 2. The van der Waals surface area contributed by atoms with Crippen LogP contribution in [0, 0.1) is 5.41 Å². The number of pyridine rings is 1. The fraction of sp³-hybridized carbons (Fsp3) is 0.379. The Kier molecular flexibility index (Phi) is 7.16. The molecule has 8 nitrogen and oxygen atoms in total. The number of piperidine rings is 1. The van der Waals surface area contributed by atoms with E-state index < -0.39 is 12.0 Å². The second-order valence-corrected chi connectivity index (χ2v) is 11.2. The highest BCUT2D eigenvalue weighted by Crippen LogP contribution is 2.40. The van der Waals surface area contributed by atoms with Crippen molar-refractivity contribution >= 4 is 34.6 Å². The topological polar surface area (TPSA) is 120 Å². The van der Waals surface area contributed by atoms with Gasteiger partial charge in [0.2, 0.25) is 5.79 Å². The molecule has 39 heavy (non-hydrogen) atoms. The van der Waals surface area contributed by atoms with Crippen LogP contribution in [-0.4, -0.2) is 40.5 Å². The fourth-order valence-electron chi connectivity index (χ4n) is 5.49. The number of hydrogen-bond donors (Lipinski definition) is 3. The quantitative estimate of drug-likeness (QED) is 0.199. The number of halogens is 2. The number of nitrogens with one attached hydrogen (secondary N) is 1. The predicted octanol–water partition coefficient (Wildman–Crippen LogP) is 5.68. The van der Waals surface area contributed by atoms with E-state index in [1.807, 2.05) is 18.2 Å². The van der Waals surface area contributed by atoms with E-state index in [0.717, 1.165) is 43.3 Å². The Balaban J connectivity index is 1.17. The molecule has 6 rings (SSSR count). The summed E-state index contributed by atoms with van der Waals surface area (Å²) in [4.78, 5) is 6.53. The van der Waals surface area contributed by atoms with Crippen molar-refractivity contribution in [3.63, 3.8) is 0 Å². The van der Waals surface area contributed by atoms with Crippen LogP contribution in [0.4, 0.5) is 5.69 Å². The van der Waals surface area contributed by atoms with Crippen LogP contribution in [0.25, 0.3) is 0 Å². The number of anilines is 1. The van der Waals surface area contributed by atoms with Crippen molar-refractivity contribution in [2.24, 2.45) is 5.73 Å². The zero-order valence-corrected chi connectivity index (χ0v) is 23.0. The summed E-state index contributed by atoms with van der Waals surface area (Å²) in [5.74, 6) is 0.690. The Bertz CT molecular complexity index is 1390. The van der Waals surface area contributed by atoms with Crippen molar-refractivity contribution in [1.29, 1.82) is 5.41 Å². The van der Waals surface area contributed by atoms with Crippen LogP contribution >= 0.6 is 23.2 Å². The van der Waals surface area contributed by atoms with Gasteiger partial charge in [-0.3, -0.25) is 21.0 Å². The third-order valence-electron chi connectivity index (χ3n) is 8.02. The van der Waals surface area contributed by atoms with Gasteiger partial charge in [0.15, 0.2) is 6.23 Å². The van der Waals surface area contributed by atoms with Crippen molar-refractivity contribution < 1.29 is 14.2 Å². The first kappa shape index (κ1) is 26.3. The molecule has 2 aliphatic heterocycles. The molecule has 3 aromatic rings. The highest BCUT2D eigenvalue weighted by atomic mass is 35.5. The van der Waals surface area contributed by atoms with Crippen LogP contribution in [0.15, 0.2) is 48.8 Å². The van der Waals surface area contributed by atoms with E-state index in [2.05, 4.69) is 9.88 Å². The molecule has 0 radical (unpaired) electrons. The predicted molar refractivity (Wildman–Crippen MR) is 152 cm³/mol. The molecule has 1 atom stereocenters. The number of nitrogens with zero attached hydrogens (tertiary/aromatic N) is 2. The van der Waals surface area contributed by atoms with Crippen molar-refractivity contribution in [3.05, 3.63) is 81.1 Å². The minimum Gasteiger partial charge on any atom is -0.471 e. The molecule has 2 fully saturated rings. The highest BCUT2D eigenvalue weighted by molar-refractivity contribution is 6.35. The lowest BCUT2D eigenvalue weighted by molar-refractivity contribution is -0.231. The van der Waals surface area contributed by atoms with Gasteiger partial charge in [0.1, 0.15) is 11.5 Å². The minimum absolute atomic E-state index is 0.253. The number of likely N-dealkylation sites (tertiary alicyclic amines) is 1. The first-order valence-corrected chi connectivity index (χ1v) is 14.0. The van der Waals surface area contributed by atoms with Gasteiger partial charge in [0.25, 0.3) is 0 Å². The van der Waals surface area contributed by atoms with Gasteiger partial charge in [-0.05, 0) is 49.2 Å². The lowest BCUT2D eigenvalue weighted by Gasteiger charge is -2.47. The van der Waals surface area contributed by atoms with Gasteiger partial charge in [0, 0.05) is 72.3 Å². The zero-order chi connectivity index (χ0) is 27.1. The Morgan fingerprint density at radius 3 is 2.54 bits per heavy atom. The number of benzene rings is 2. The van der Waals surface area contributed by atoms with Crippen LogP contribution < -0.4 is 20.9 Å². The van der Waals surface area contributed by atoms with E-state index in [1.54, 1.807) is 18.2 Å². The maximum absolute atomic E-state index is 8.91.